The van der Waals surface area contributed by atoms with Crippen LogP contribution in [0.3, 0.4) is 0 Å². The molecular weight excluding hydrogens is 290 g/mol. The first-order valence-corrected chi connectivity index (χ1v) is 8.48. The number of hydrogen-bond donors (Lipinski definition) is 1. The molecule has 0 unspecified atom stereocenters. The third kappa shape index (κ3) is 2.95. The largest absolute Gasteiger partial charge is 0.507 e. The summed E-state index contributed by atoms with van der Waals surface area (Å²) in [5.74, 6) is 0.368. The molecule has 0 atom stereocenters. The molecule has 1 heterocycles. The summed E-state index contributed by atoms with van der Waals surface area (Å²) < 4.78 is 0. The van der Waals surface area contributed by atoms with E-state index in [1.165, 1.54) is 21.5 Å². The van der Waals surface area contributed by atoms with Crippen molar-refractivity contribution in [3.63, 3.8) is 0 Å². The summed E-state index contributed by atoms with van der Waals surface area (Å²) in [6.45, 7) is 0. The number of anilines is 1. The van der Waals surface area contributed by atoms with Crippen molar-refractivity contribution in [2.45, 2.75) is 19.3 Å². The first-order valence-electron chi connectivity index (χ1n) is 7.60. The van der Waals surface area contributed by atoms with Crippen molar-refractivity contribution >= 4 is 27.8 Å². The Kier molecular flexibility index (Phi) is 4.34. The molecule has 2 nitrogen and oxygen atoms in total. The lowest BCUT2D eigenvalue weighted by Crippen LogP contribution is -2.09. The van der Waals surface area contributed by atoms with Gasteiger partial charge in [-0.3, -0.25) is 0 Å². The van der Waals surface area contributed by atoms with Crippen molar-refractivity contribution in [3.8, 4) is 5.75 Å². The second kappa shape index (κ2) is 6.41. The quantitative estimate of drug-likeness (QED) is 0.728. The molecule has 0 amide bonds. The van der Waals surface area contributed by atoms with Gasteiger partial charge in [0, 0.05) is 24.4 Å². The van der Waals surface area contributed by atoms with E-state index in [-0.39, 0.29) is 0 Å². The Hall–Kier alpha value is -2.00. The first-order chi connectivity index (χ1) is 10.7. The number of rotatable bonds is 5. The third-order valence-corrected chi connectivity index (χ3v) is 5.01. The van der Waals surface area contributed by atoms with Crippen LogP contribution in [0.4, 0.5) is 5.69 Å². The van der Waals surface area contributed by atoms with Crippen LogP contribution >= 0.6 is 11.3 Å². The summed E-state index contributed by atoms with van der Waals surface area (Å²) in [4.78, 5) is 3.63. The molecule has 0 aliphatic heterocycles. The van der Waals surface area contributed by atoms with Gasteiger partial charge in [0.05, 0.1) is 5.69 Å². The topological polar surface area (TPSA) is 23.5 Å². The molecule has 1 aromatic heterocycles. The zero-order valence-corrected chi connectivity index (χ0v) is 13.9. The zero-order chi connectivity index (χ0) is 15.5. The van der Waals surface area contributed by atoms with Gasteiger partial charge in [0.25, 0.3) is 0 Å². The van der Waals surface area contributed by atoms with E-state index in [0.717, 1.165) is 24.6 Å². The van der Waals surface area contributed by atoms with Gasteiger partial charge in [0.15, 0.2) is 0 Å². The summed E-state index contributed by atoms with van der Waals surface area (Å²) in [6.07, 6.45) is 3.25. The van der Waals surface area contributed by atoms with Crippen LogP contribution in [0.1, 0.15) is 16.9 Å². The normalized spacial score (nSPS) is 11.0. The van der Waals surface area contributed by atoms with Gasteiger partial charge in [-0.15, -0.1) is 11.3 Å². The van der Waals surface area contributed by atoms with Crippen LogP contribution < -0.4 is 4.90 Å². The molecule has 0 saturated carbocycles. The second-order valence-electron chi connectivity index (χ2n) is 5.77. The molecule has 0 saturated heterocycles. The molecule has 2 aromatic carbocycles. The maximum absolute atomic E-state index is 9.96. The Labute approximate surface area is 135 Å². The van der Waals surface area contributed by atoms with Crippen LogP contribution in [0, 0.1) is 0 Å². The Morgan fingerprint density at radius 1 is 0.955 bits per heavy atom. The summed E-state index contributed by atoms with van der Waals surface area (Å²) >= 11 is 1.84. The molecule has 0 radical (unpaired) electrons. The molecule has 3 aromatic rings. The van der Waals surface area contributed by atoms with Crippen molar-refractivity contribution < 1.29 is 5.11 Å². The fourth-order valence-corrected chi connectivity index (χ4v) is 3.92. The highest BCUT2D eigenvalue weighted by Gasteiger charge is 2.08. The number of hydrogen-bond acceptors (Lipinski definition) is 3. The number of benzene rings is 2. The van der Waals surface area contributed by atoms with Crippen LogP contribution in [0.15, 0.2) is 47.8 Å². The lowest BCUT2D eigenvalue weighted by molar-refractivity contribution is 0.481. The Balaban J connectivity index is 1.75. The molecular formula is C19H21NOS. The van der Waals surface area contributed by atoms with Gasteiger partial charge >= 0.3 is 0 Å². The van der Waals surface area contributed by atoms with Crippen LogP contribution in [0.5, 0.6) is 5.75 Å². The number of phenols is 1. The van der Waals surface area contributed by atoms with Crippen molar-refractivity contribution in [1.82, 2.24) is 0 Å². The van der Waals surface area contributed by atoms with Crippen LogP contribution in [0.25, 0.3) is 10.8 Å². The van der Waals surface area contributed by atoms with Crippen LogP contribution in [-0.4, -0.2) is 19.2 Å². The molecule has 0 spiro atoms. The van der Waals surface area contributed by atoms with E-state index in [1.807, 2.05) is 35.6 Å². The average molecular weight is 311 g/mol. The van der Waals surface area contributed by atoms with Gasteiger partial charge in [0.2, 0.25) is 0 Å². The second-order valence-corrected chi connectivity index (χ2v) is 6.77. The standard InChI is InChI=1S/C19H21NOS/c1-20(2)17-12-13-22-19(17)9-5-6-14-10-11-18(21)16-8-4-3-7-15(14)16/h3-4,7-8,10-13,21H,5-6,9H2,1-2H3. The van der Waals surface area contributed by atoms with Gasteiger partial charge in [0.1, 0.15) is 5.75 Å². The first kappa shape index (κ1) is 14.9. The zero-order valence-electron chi connectivity index (χ0n) is 13.0. The van der Waals surface area contributed by atoms with Gasteiger partial charge in [-0.2, -0.15) is 0 Å². The maximum Gasteiger partial charge on any atom is 0.123 e. The summed E-state index contributed by atoms with van der Waals surface area (Å²) in [6, 6.07) is 14.1. The third-order valence-electron chi connectivity index (χ3n) is 4.05. The van der Waals surface area contributed by atoms with Gasteiger partial charge in [-0.25, -0.2) is 0 Å². The monoisotopic (exact) mass is 311 g/mol. The van der Waals surface area contributed by atoms with Gasteiger partial charge < -0.3 is 10.0 Å². The molecule has 22 heavy (non-hydrogen) atoms. The highest BCUT2D eigenvalue weighted by atomic mass is 32.1. The number of fused-ring (bicyclic) bond motifs is 1. The van der Waals surface area contributed by atoms with E-state index in [2.05, 4.69) is 42.6 Å². The van der Waals surface area contributed by atoms with E-state index < -0.39 is 0 Å². The molecule has 0 fully saturated rings. The summed E-state index contributed by atoms with van der Waals surface area (Å²) in [5, 5.41) is 14.2. The minimum Gasteiger partial charge on any atom is -0.507 e. The lowest BCUT2D eigenvalue weighted by Gasteiger charge is -2.13. The SMILES string of the molecule is CN(C)c1ccsc1CCCc1ccc(O)c2ccccc12. The van der Waals surface area contributed by atoms with Gasteiger partial charge in [-0.05, 0) is 47.7 Å². The van der Waals surface area contributed by atoms with E-state index >= 15 is 0 Å². The van der Waals surface area contributed by atoms with Gasteiger partial charge in [-0.1, -0.05) is 30.3 Å². The molecule has 0 aliphatic rings. The molecule has 3 heteroatoms. The van der Waals surface area contributed by atoms with Crippen LogP contribution in [0.2, 0.25) is 0 Å². The maximum atomic E-state index is 9.96. The Morgan fingerprint density at radius 3 is 2.50 bits per heavy atom. The highest BCUT2D eigenvalue weighted by molar-refractivity contribution is 7.10. The lowest BCUT2D eigenvalue weighted by atomic mass is 9.99. The van der Waals surface area contributed by atoms with Crippen LogP contribution in [-0.2, 0) is 12.8 Å². The van der Waals surface area contributed by atoms with E-state index in [0.29, 0.717) is 5.75 Å². The Morgan fingerprint density at radius 2 is 1.73 bits per heavy atom. The number of aromatic hydroxyl groups is 1. The minimum atomic E-state index is 0.368. The highest BCUT2D eigenvalue weighted by Crippen LogP contribution is 2.30. The number of aryl methyl sites for hydroxylation is 2. The van der Waals surface area contributed by atoms with Crippen molar-refractivity contribution in [2.75, 3.05) is 19.0 Å². The number of thiophene rings is 1. The van der Waals surface area contributed by atoms with Crippen molar-refractivity contribution in [3.05, 3.63) is 58.3 Å². The minimum absolute atomic E-state index is 0.368. The summed E-state index contributed by atoms with van der Waals surface area (Å²) in [7, 11) is 4.19. The molecule has 0 bridgehead atoms. The fraction of sp³-hybridized carbons (Fsp3) is 0.263. The smallest absolute Gasteiger partial charge is 0.123 e. The molecule has 3 rings (SSSR count). The fourth-order valence-electron chi connectivity index (χ4n) is 2.92. The molecule has 0 aliphatic carbocycles. The molecule has 1 N–H and O–H groups in total. The number of nitrogens with zero attached hydrogens (tertiary/aromatic N) is 1. The van der Waals surface area contributed by atoms with E-state index in [1.54, 1.807) is 0 Å². The van der Waals surface area contributed by atoms with E-state index in [9.17, 15) is 5.11 Å². The number of phenolic OH excluding ortho intramolecular Hbond substituents is 1. The predicted octanol–water partition coefficient (Wildman–Crippen LogP) is 4.85. The molecule has 114 valence electrons. The van der Waals surface area contributed by atoms with Crippen molar-refractivity contribution in [2.24, 2.45) is 0 Å². The predicted molar refractivity (Wildman–Crippen MR) is 96.3 cm³/mol. The average Bonchev–Trinajstić information content (AvgIpc) is 2.99. The van der Waals surface area contributed by atoms with Crippen molar-refractivity contribution in [1.29, 1.82) is 0 Å². The summed E-state index contributed by atoms with van der Waals surface area (Å²) in [5.41, 5.74) is 2.65. The van der Waals surface area contributed by atoms with E-state index in [4.69, 9.17) is 0 Å². The Bertz CT molecular complexity index is 776.